The van der Waals surface area contributed by atoms with E-state index in [2.05, 4.69) is 15.3 Å². The van der Waals surface area contributed by atoms with Crippen molar-refractivity contribution in [2.45, 2.75) is 25.8 Å². The van der Waals surface area contributed by atoms with Crippen LogP contribution in [-0.4, -0.2) is 27.7 Å². The molecule has 2 N–H and O–H groups in total. The van der Waals surface area contributed by atoms with E-state index in [0.717, 1.165) is 4.76 Å². The molecule has 6 nitrogen and oxygen atoms in total. The Bertz CT molecular complexity index is 1170. The van der Waals surface area contributed by atoms with Crippen LogP contribution in [0.2, 0.25) is 10.0 Å². The van der Waals surface area contributed by atoms with Crippen molar-refractivity contribution in [1.82, 2.24) is 9.97 Å². The normalized spacial score (nSPS) is 13.8. The highest BCUT2D eigenvalue weighted by Crippen LogP contribution is 2.37. The van der Waals surface area contributed by atoms with Gasteiger partial charge in [0.2, 0.25) is 13.0 Å². The molecule has 3 aromatic rings. The number of aromatic amines is 1. The molecule has 10 heteroatoms. The van der Waals surface area contributed by atoms with E-state index in [4.69, 9.17) is 23.2 Å². The van der Waals surface area contributed by atoms with Gasteiger partial charge in [-0.1, -0.05) is 23.2 Å². The van der Waals surface area contributed by atoms with Crippen molar-refractivity contribution in [2.75, 3.05) is 11.9 Å². The largest absolute Gasteiger partial charge is 0.337 e. The van der Waals surface area contributed by atoms with Gasteiger partial charge in [-0.3, -0.25) is 4.79 Å². The molecule has 4 rings (SSSR count). The number of pyridine rings is 2. The number of nitrogens with one attached hydrogen (secondary N) is 2. The number of hydrogen-bond acceptors (Lipinski definition) is 4. The third-order valence-electron chi connectivity index (χ3n) is 4.78. The van der Waals surface area contributed by atoms with Gasteiger partial charge in [-0.25, -0.2) is 13.8 Å². The van der Waals surface area contributed by atoms with E-state index in [1.165, 1.54) is 18.3 Å². The van der Waals surface area contributed by atoms with Crippen LogP contribution >= 0.6 is 23.2 Å². The topological polar surface area (TPSA) is 77.9 Å². The van der Waals surface area contributed by atoms with Crippen LogP contribution in [-0.2, 0) is 19.4 Å². The minimum Gasteiger partial charge on any atom is -0.337 e. The van der Waals surface area contributed by atoms with E-state index >= 15 is 0 Å². The summed E-state index contributed by atoms with van der Waals surface area (Å²) in [6, 6.07) is 4.51. The average molecular weight is 440 g/mol. The Morgan fingerprint density at radius 1 is 1.28 bits per heavy atom. The predicted molar refractivity (Wildman–Crippen MR) is 108 cm³/mol. The average Bonchev–Trinajstić information content (AvgIpc) is 2.64. The van der Waals surface area contributed by atoms with Crippen LogP contribution in [0.5, 0.6) is 0 Å². The first-order chi connectivity index (χ1) is 13.8. The first-order valence-corrected chi connectivity index (χ1v) is 9.57. The zero-order chi connectivity index (χ0) is 20.7. The van der Waals surface area contributed by atoms with Gasteiger partial charge in [-0.15, -0.1) is 0 Å². The number of nitroso groups, excluding NO2 is 1. The lowest BCUT2D eigenvalue weighted by Crippen LogP contribution is -2.24. The Hall–Kier alpha value is -2.58. The molecule has 0 fully saturated rings. The van der Waals surface area contributed by atoms with Crippen molar-refractivity contribution in [3.8, 4) is 0 Å². The summed E-state index contributed by atoms with van der Waals surface area (Å²) in [5.41, 5.74) is 1.53. The highest BCUT2D eigenvalue weighted by atomic mass is 35.5. The lowest BCUT2D eigenvalue weighted by molar-refractivity contribution is -0.567. The second-order valence-corrected chi connectivity index (χ2v) is 7.56. The van der Waals surface area contributed by atoms with Gasteiger partial charge in [0, 0.05) is 27.7 Å². The minimum absolute atomic E-state index is 0.0794. The van der Waals surface area contributed by atoms with Crippen molar-refractivity contribution in [3.05, 3.63) is 66.5 Å². The van der Waals surface area contributed by atoms with E-state index in [1.54, 1.807) is 6.07 Å². The maximum absolute atomic E-state index is 12.7. The van der Waals surface area contributed by atoms with Gasteiger partial charge in [-0.2, -0.15) is 0 Å². The molecule has 150 valence electrons. The lowest BCUT2D eigenvalue weighted by Gasteiger charge is -2.17. The van der Waals surface area contributed by atoms with Gasteiger partial charge in [0.05, 0.1) is 38.8 Å². The zero-order valence-electron chi connectivity index (χ0n) is 14.9. The molecular formula is C19H15Cl2F2N4O2+. The van der Waals surface area contributed by atoms with Gasteiger partial charge in [-0.05, 0) is 23.8 Å². The smallest absolute Gasteiger partial charge is 0.256 e. The molecule has 0 aliphatic carbocycles. The van der Waals surface area contributed by atoms with Crippen LogP contribution in [0.1, 0.15) is 16.8 Å². The van der Waals surface area contributed by atoms with Crippen LogP contribution < -0.4 is 10.9 Å². The van der Waals surface area contributed by atoms with E-state index in [0.29, 0.717) is 45.5 Å². The van der Waals surface area contributed by atoms with Crippen molar-refractivity contribution in [1.29, 1.82) is 0 Å². The Labute approximate surface area is 173 Å². The van der Waals surface area contributed by atoms with E-state index in [9.17, 15) is 18.5 Å². The summed E-state index contributed by atoms with van der Waals surface area (Å²) < 4.78 is 26.2. The van der Waals surface area contributed by atoms with Gasteiger partial charge >= 0.3 is 0 Å². The predicted octanol–water partition coefficient (Wildman–Crippen LogP) is 4.62. The molecule has 0 amide bonds. The molecule has 0 saturated carbocycles. The summed E-state index contributed by atoms with van der Waals surface area (Å²) in [5.74, 6) is 0.356. The molecule has 0 saturated heterocycles. The van der Waals surface area contributed by atoms with Gasteiger partial charge in [0.15, 0.2) is 6.54 Å². The molecule has 0 spiro atoms. The number of fused-ring (bicyclic) bond motifs is 3. The molecule has 0 bridgehead atoms. The number of anilines is 2. The van der Waals surface area contributed by atoms with Crippen LogP contribution in [0.4, 0.5) is 20.3 Å². The van der Waals surface area contributed by atoms with Gasteiger partial charge < -0.3 is 10.3 Å². The minimum atomic E-state index is -2.51. The quantitative estimate of drug-likeness (QED) is 0.581. The number of nitrogens with zero attached hydrogens (tertiary/aromatic N) is 2. The fourth-order valence-electron chi connectivity index (χ4n) is 3.50. The van der Waals surface area contributed by atoms with Crippen LogP contribution in [0.15, 0.2) is 29.2 Å². The molecule has 29 heavy (non-hydrogen) atoms. The first-order valence-electron chi connectivity index (χ1n) is 8.82. The Balaban J connectivity index is 1.84. The van der Waals surface area contributed by atoms with E-state index in [1.807, 2.05) is 0 Å². The molecule has 0 radical (unpaired) electrons. The lowest BCUT2D eigenvalue weighted by atomic mass is 10.0. The third-order valence-corrected chi connectivity index (χ3v) is 5.38. The van der Waals surface area contributed by atoms with Crippen molar-refractivity contribution >= 4 is 45.5 Å². The van der Waals surface area contributed by atoms with Gasteiger partial charge in [0.25, 0.3) is 5.56 Å². The third kappa shape index (κ3) is 3.82. The number of H-pyrrole nitrogens is 1. The molecule has 1 aliphatic rings. The fourth-order valence-corrected chi connectivity index (χ4v) is 4.13. The number of halogens is 4. The second-order valence-electron chi connectivity index (χ2n) is 6.75. The highest BCUT2D eigenvalue weighted by molar-refractivity contribution is 6.39. The summed E-state index contributed by atoms with van der Waals surface area (Å²) in [6.07, 6.45) is -1.09. The summed E-state index contributed by atoms with van der Waals surface area (Å²) in [4.78, 5) is 31.5. The molecule has 0 atom stereocenters. The summed E-state index contributed by atoms with van der Waals surface area (Å²) in [5, 5.41) is 4.26. The van der Waals surface area contributed by atoms with Crippen molar-refractivity contribution in [3.63, 3.8) is 0 Å². The van der Waals surface area contributed by atoms with E-state index < -0.39 is 12.8 Å². The highest BCUT2D eigenvalue weighted by Gasteiger charge is 2.27. The molecular weight excluding hydrogens is 425 g/mol. The number of rotatable bonds is 4. The standard InChI is InChI=1S/C19H14Cl2F2N4O2/c20-12-5-9(7-15(22)23)6-13(21)17(12)26-18-10-1-3-24-19(28)16(10)11-8-27(29)4-2-14(11)25-18/h1,3,5-6,15H,2,4,7-8H2,(H-,24,25,26,28)/p+1. The Kier molecular flexibility index (Phi) is 5.23. The number of benzene rings is 1. The second kappa shape index (κ2) is 7.68. The molecule has 2 aromatic heterocycles. The van der Waals surface area contributed by atoms with E-state index in [-0.39, 0.29) is 28.7 Å². The summed E-state index contributed by atoms with van der Waals surface area (Å²) in [7, 11) is 0. The van der Waals surface area contributed by atoms with Crippen LogP contribution in [0.3, 0.4) is 0 Å². The summed E-state index contributed by atoms with van der Waals surface area (Å²) in [6.45, 7) is 0.357. The molecule has 1 aromatic carbocycles. The maximum Gasteiger partial charge on any atom is 0.256 e. The molecule has 1 aliphatic heterocycles. The SMILES string of the molecule is O=c1[nH]ccc2c(Nc3c(Cl)cc(CC(F)F)cc3Cl)nc3c(c12)C[N+](=O)CC3. The zero-order valence-corrected chi connectivity index (χ0v) is 16.4. The number of alkyl halides is 2. The Morgan fingerprint density at radius 2 is 2.00 bits per heavy atom. The van der Waals surface area contributed by atoms with Crippen LogP contribution in [0, 0.1) is 4.91 Å². The van der Waals surface area contributed by atoms with Crippen molar-refractivity contribution in [2.24, 2.45) is 0 Å². The summed E-state index contributed by atoms with van der Waals surface area (Å²) >= 11 is 12.6. The maximum atomic E-state index is 12.7. The molecule has 0 unspecified atom stereocenters. The number of hydrogen-bond donors (Lipinski definition) is 2. The number of aromatic nitrogens is 2. The Morgan fingerprint density at radius 3 is 2.69 bits per heavy atom. The van der Waals surface area contributed by atoms with Crippen molar-refractivity contribution < 1.29 is 13.5 Å². The monoisotopic (exact) mass is 439 g/mol. The fraction of sp³-hybridized carbons (Fsp3) is 0.263. The molecule has 3 heterocycles. The first kappa shape index (κ1) is 19.7. The van der Waals surface area contributed by atoms with Crippen LogP contribution in [0.25, 0.3) is 10.8 Å². The van der Waals surface area contributed by atoms with Gasteiger partial charge in [0.1, 0.15) is 5.82 Å².